The summed E-state index contributed by atoms with van der Waals surface area (Å²) in [7, 11) is 0. The zero-order valence-corrected chi connectivity index (χ0v) is 16.5. The number of aryl methyl sites for hydroxylation is 2. The Hall–Kier alpha value is -1.89. The van der Waals surface area contributed by atoms with Crippen LogP contribution in [0.1, 0.15) is 34.1 Å². The second-order valence-corrected chi connectivity index (χ2v) is 8.36. The maximum Gasteiger partial charge on any atom is 0.264 e. The predicted molar refractivity (Wildman–Crippen MR) is 104 cm³/mol. The summed E-state index contributed by atoms with van der Waals surface area (Å²) in [6.45, 7) is 5.64. The van der Waals surface area contributed by atoms with Gasteiger partial charge in [0.05, 0.1) is 25.4 Å². The Morgan fingerprint density at radius 3 is 2.96 bits per heavy atom. The molecular formula is C21H25NO4S. The zero-order chi connectivity index (χ0) is 19.0. The van der Waals surface area contributed by atoms with Crippen molar-refractivity contribution in [1.29, 1.82) is 0 Å². The lowest BCUT2D eigenvalue weighted by atomic mass is 10.0. The van der Waals surface area contributed by atoms with Crippen LogP contribution in [0, 0.1) is 13.8 Å². The van der Waals surface area contributed by atoms with E-state index in [4.69, 9.17) is 9.47 Å². The molecule has 3 atom stereocenters. The van der Waals surface area contributed by atoms with Crippen molar-refractivity contribution >= 4 is 17.2 Å². The molecule has 1 aromatic heterocycles. The molecule has 6 heteroatoms. The fraction of sp³-hybridized carbons (Fsp3) is 0.476. The highest BCUT2D eigenvalue weighted by molar-refractivity contribution is 7.10. The number of nitrogens with zero attached hydrogens (tertiary/aromatic N) is 1. The number of morpholine rings is 1. The van der Waals surface area contributed by atoms with Crippen LogP contribution in [0.2, 0.25) is 0 Å². The molecule has 5 nitrogen and oxygen atoms in total. The summed E-state index contributed by atoms with van der Waals surface area (Å²) in [5.74, 6) is 0.813. The quantitative estimate of drug-likeness (QED) is 0.876. The summed E-state index contributed by atoms with van der Waals surface area (Å²) in [4.78, 5) is 15.9. The first kappa shape index (κ1) is 18.5. The number of ether oxygens (including phenoxy) is 2. The minimum Gasteiger partial charge on any atom is -0.480 e. The van der Waals surface area contributed by atoms with E-state index in [-0.39, 0.29) is 11.9 Å². The fourth-order valence-corrected chi connectivity index (χ4v) is 4.56. The summed E-state index contributed by atoms with van der Waals surface area (Å²) in [6, 6.07) is 7.85. The van der Waals surface area contributed by atoms with Crippen molar-refractivity contribution in [2.24, 2.45) is 0 Å². The normalized spacial score (nSPS) is 23.0. The predicted octanol–water partition coefficient (Wildman–Crippen LogP) is 3.02. The Morgan fingerprint density at radius 2 is 2.19 bits per heavy atom. The van der Waals surface area contributed by atoms with Crippen molar-refractivity contribution in [3.8, 4) is 5.75 Å². The van der Waals surface area contributed by atoms with Gasteiger partial charge in [0.25, 0.3) is 5.91 Å². The van der Waals surface area contributed by atoms with Crippen LogP contribution in [0.15, 0.2) is 29.6 Å². The number of aliphatic hydroxyl groups is 1. The highest BCUT2D eigenvalue weighted by Crippen LogP contribution is 2.33. The van der Waals surface area contributed by atoms with E-state index in [9.17, 15) is 9.90 Å². The average molecular weight is 388 g/mol. The zero-order valence-electron chi connectivity index (χ0n) is 15.7. The molecule has 1 fully saturated rings. The van der Waals surface area contributed by atoms with E-state index in [0.29, 0.717) is 32.6 Å². The van der Waals surface area contributed by atoms with Crippen LogP contribution in [-0.4, -0.2) is 47.8 Å². The van der Waals surface area contributed by atoms with Crippen LogP contribution in [0.25, 0.3) is 0 Å². The van der Waals surface area contributed by atoms with Gasteiger partial charge in [-0.25, -0.2) is 0 Å². The Bertz CT molecular complexity index is 789. The van der Waals surface area contributed by atoms with Gasteiger partial charge in [-0.05, 0) is 48.1 Å². The van der Waals surface area contributed by atoms with Crippen LogP contribution in [0.5, 0.6) is 5.75 Å². The Morgan fingerprint density at radius 1 is 1.37 bits per heavy atom. The first-order valence-corrected chi connectivity index (χ1v) is 10.3. The van der Waals surface area contributed by atoms with Gasteiger partial charge >= 0.3 is 0 Å². The summed E-state index contributed by atoms with van der Waals surface area (Å²) in [6.07, 6.45) is 0.0106. The molecule has 0 bridgehead atoms. The van der Waals surface area contributed by atoms with Crippen molar-refractivity contribution < 1.29 is 19.4 Å². The lowest BCUT2D eigenvalue weighted by molar-refractivity contribution is -0.147. The first-order chi connectivity index (χ1) is 13.0. The number of aliphatic hydroxyl groups excluding tert-OH is 1. The SMILES string of the molecule is Cc1cc2c(cc1C)OC(C(=O)N1CCOCC1CC(O)c1cccs1)C2. The third-order valence-electron chi connectivity index (χ3n) is 5.50. The standard InChI is InChI=1S/C21H25NO4S/c1-13-8-15-10-19(26-18(15)9-14(13)2)21(24)22-5-6-25-12-16(22)11-17(23)20-4-3-7-27-20/h3-4,7-9,16-17,19,23H,5-6,10-12H2,1-2H3. The molecule has 2 aliphatic heterocycles. The van der Waals surface area contributed by atoms with Gasteiger partial charge in [-0.15, -0.1) is 11.3 Å². The van der Waals surface area contributed by atoms with Gasteiger partial charge in [0.2, 0.25) is 0 Å². The minimum atomic E-state index is -0.584. The molecule has 1 aromatic carbocycles. The van der Waals surface area contributed by atoms with E-state index < -0.39 is 12.2 Å². The van der Waals surface area contributed by atoms with E-state index >= 15 is 0 Å². The van der Waals surface area contributed by atoms with E-state index in [2.05, 4.69) is 19.9 Å². The molecule has 3 unspecified atom stereocenters. The van der Waals surface area contributed by atoms with Crippen molar-refractivity contribution in [1.82, 2.24) is 4.90 Å². The maximum absolute atomic E-state index is 13.2. The first-order valence-electron chi connectivity index (χ1n) is 9.39. The van der Waals surface area contributed by atoms with Crippen LogP contribution in [0.4, 0.5) is 0 Å². The summed E-state index contributed by atoms with van der Waals surface area (Å²) in [5.41, 5.74) is 3.49. The second-order valence-electron chi connectivity index (χ2n) is 7.38. The van der Waals surface area contributed by atoms with Crippen LogP contribution in [0.3, 0.4) is 0 Å². The topological polar surface area (TPSA) is 59.0 Å². The van der Waals surface area contributed by atoms with Gasteiger partial charge < -0.3 is 19.5 Å². The molecule has 3 heterocycles. The Kier molecular flexibility index (Phi) is 5.21. The molecule has 1 amide bonds. The summed E-state index contributed by atoms with van der Waals surface area (Å²) >= 11 is 1.53. The van der Waals surface area contributed by atoms with Crippen LogP contribution in [-0.2, 0) is 16.0 Å². The number of rotatable bonds is 4. The van der Waals surface area contributed by atoms with Gasteiger partial charge in [0.15, 0.2) is 6.10 Å². The fourth-order valence-electron chi connectivity index (χ4n) is 3.83. The minimum absolute atomic E-state index is 0.00631. The van der Waals surface area contributed by atoms with Gasteiger partial charge in [0, 0.05) is 24.3 Å². The largest absolute Gasteiger partial charge is 0.480 e. The van der Waals surface area contributed by atoms with Crippen molar-refractivity contribution in [2.75, 3.05) is 19.8 Å². The van der Waals surface area contributed by atoms with Crippen molar-refractivity contribution in [2.45, 2.75) is 44.9 Å². The second kappa shape index (κ2) is 7.62. The molecule has 2 aromatic rings. The molecule has 27 heavy (non-hydrogen) atoms. The molecule has 0 saturated carbocycles. The Labute approximate surface area is 163 Å². The molecule has 144 valence electrons. The third-order valence-corrected chi connectivity index (χ3v) is 6.48. The number of benzene rings is 1. The lowest BCUT2D eigenvalue weighted by Gasteiger charge is -2.37. The smallest absolute Gasteiger partial charge is 0.264 e. The maximum atomic E-state index is 13.2. The van der Waals surface area contributed by atoms with Crippen LogP contribution < -0.4 is 4.74 Å². The van der Waals surface area contributed by atoms with Gasteiger partial charge in [-0.3, -0.25) is 4.79 Å². The molecule has 2 aliphatic rings. The molecule has 0 spiro atoms. The molecular weight excluding hydrogens is 362 g/mol. The van der Waals surface area contributed by atoms with E-state index in [1.54, 1.807) is 0 Å². The molecule has 1 saturated heterocycles. The summed E-state index contributed by atoms with van der Waals surface area (Å²) in [5, 5.41) is 12.5. The number of carbonyl (C=O) groups excluding carboxylic acids is 1. The molecule has 0 aliphatic carbocycles. The molecule has 4 rings (SSSR count). The van der Waals surface area contributed by atoms with Gasteiger partial charge in [-0.1, -0.05) is 12.1 Å². The lowest BCUT2D eigenvalue weighted by Crippen LogP contribution is -2.53. The Balaban J connectivity index is 1.46. The van der Waals surface area contributed by atoms with E-state index in [1.165, 1.54) is 22.5 Å². The van der Waals surface area contributed by atoms with E-state index in [0.717, 1.165) is 16.2 Å². The molecule has 1 N–H and O–H groups in total. The highest BCUT2D eigenvalue weighted by atomic mass is 32.1. The number of hydrogen-bond donors (Lipinski definition) is 1. The van der Waals surface area contributed by atoms with Crippen molar-refractivity contribution in [3.05, 3.63) is 51.2 Å². The number of thiophene rings is 1. The number of hydrogen-bond acceptors (Lipinski definition) is 5. The average Bonchev–Trinajstić information content (AvgIpc) is 3.32. The molecule has 0 radical (unpaired) electrons. The van der Waals surface area contributed by atoms with E-state index in [1.807, 2.05) is 28.5 Å². The third kappa shape index (κ3) is 3.74. The number of fused-ring (bicyclic) bond motifs is 1. The van der Waals surface area contributed by atoms with Gasteiger partial charge in [0.1, 0.15) is 5.75 Å². The van der Waals surface area contributed by atoms with Crippen LogP contribution >= 0.6 is 11.3 Å². The summed E-state index contributed by atoms with van der Waals surface area (Å²) < 4.78 is 11.6. The number of amides is 1. The number of carbonyl (C=O) groups is 1. The monoisotopic (exact) mass is 387 g/mol. The highest BCUT2D eigenvalue weighted by Gasteiger charge is 2.37. The van der Waals surface area contributed by atoms with Crippen molar-refractivity contribution in [3.63, 3.8) is 0 Å². The van der Waals surface area contributed by atoms with Gasteiger partial charge in [-0.2, -0.15) is 0 Å².